The van der Waals surface area contributed by atoms with Gasteiger partial charge in [0.05, 0.1) is 22.4 Å². The van der Waals surface area contributed by atoms with Gasteiger partial charge < -0.3 is 15.6 Å². The Morgan fingerprint density at radius 1 is 0.857 bits per heavy atom. The number of hydrogen-bond acceptors (Lipinski definition) is 3. The number of rotatable bonds is 7. The van der Waals surface area contributed by atoms with Gasteiger partial charge in [-0.1, -0.05) is 78.9 Å². The van der Waals surface area contributed by atoms with Crippen molar-refractivity contribution in [1.29, 1.82) is 0 Å². The second-order valence-electron chi connectivity index (χ2n) is 8.34. The van der Waals surface area contributed by atoms with Crippen molar-refractivity contribution < 1.29 is 4.79 Å². The first-order chi connectivity index (χ1) is 17.2. The van der Waals surface area contributed by atoms with E-state index in [0.717, 1.165) is 41.0 Å². The van der Waals surface area contributed by atoms with Gasteiger partial charge >= 0.3 is 0 Å². The van der Waals surface area contributed by atoms with E-state index < -0.39 is 0 Å². The first kappa shape index (κ1) is 22.2. The SMILES string of the molecule is Nc1ccccc1NC(=O)C=Cc1ccc(-c2nc3ccccc3n2CCc2ccccc2)cc1. The van der Waals surface area contributed by atoms with Gasteiger partial charge in [-0.05, 0) is 47.9 Å². The zero-order valence-corrected chi connectivity index (χ0v) is 19.3. The van der Waals surface area contributed by atoms with Crippen LogP contribution >= 0.6 is 0 Å². The summed E-state index contributed by atoms with van der Waals surface area (Å²) in [6.45, 7) is 0.838. The van der Waals surface area contributed by atoms with Crippen LogP contribution in [-0.4, -0.2) is 15.5 Å². The number of nitrogens with two attached hydrogens (primary N) is 1. The van der Waals surface area contributed by atoms with E-state index in [1.165, 1.54) is 11.6 Å². The summed E-state index contributed by atoms with van der Waals surface area (Å²) in [5.41, 5.74) is 12.4. The van der Waals surface area contributed by atoms with Gasteiger partial charge in [-0.25, -0.2) is 4.98 Å². The average Bonchev–Trinajstić information content (AvgIpc) is 3.27. The minimum Gasteiger partial charge on any atom is -0.397 e. The summed E-state index contributed by atoms with van der Waals surface area (Å²) in [6.07, 6.45) is 4.23. The van der Waals surface area contributed by atoms with E-state index in [-0.39, 0.29) is 5.91 Å². The smallest absolute Gasteiger partial charge is 0.248 e. The number of anilines is 2. The topological polar surface area (TPSA) is 72.9 Å². The monoisotopic (exact) mass is 458 g/mol. The molecule has 5 aromatic rings. The zero-order chi connectivity index (χ0) is 24.0. The third-order valence-electron chi connectivity index (χ3n) is 5.94. The van der Waals surface area contributed by atoms with Crippen LogP contribution in [0.25, 0.3) is 28.5 Å². The van der Waals surface area contributed by atoms with Crippen molar-refractivity contribution in [2.45, 2.75) is 13.0 Å². The van der Waals surface area contributed by atoms with Crippen molar-refractivity contribution in [2.75, 3.05) is 11.1 Å². The molecule has 172 valence electrons. The summed E-state index contributed by atoms with van der Waals surface area (Å²) < 4.78 is 2.28. The summed E-state index contributed by atoms with van der Waals surface area (Å²) >= 11 is 0. The van der Waals surface area contributed by atoms with Crippen LogP contribution < -0.4 is 11.1 Å². The van der Waals surface area contributed by atoms with Crippen LogP contribution in [-0.2, 0) is 17.8 Å². The number of fused-ring (bicyclic) bond motifs is 1. The minimum absolute atomic E-state index is 0.227. The van der Waals surface area contributed by atoms with Gasteiger partial charge in [-0.2, -0.15) is 0 Å². The second kappa shape index (κ2) is 10.1. The van der Waals surface area contributed by atoms with Crippen LogP contribution in [0.4, 0.5) is 11.4 Å². The average molecular weight is 459 g/mol. The van der Waals surface area contributed by atoms with E-state index in [4.69, 9.17) is 10.7 Å². The maximum atomic E-state index is 12.3. The summed E-state index contributed by atoms with van der Waals surface area (Å²) in [7, 11) is 0. The molecule has 5 heteroatoms. The number of benzene rings is 4. The molecule has 1 aromatic heterocycles. The molecule has 3 N–H and O–H groups in total. The van der Waals surface area contributed by atoms with E-state index >= 15 is 0 Å². The Labute approximate surface area is 204 Å². The van der Waals surface area contributed by atoms with E-state index in [1.54, 1.807) is 18.2 Å². The molecule has 0 aliphatic heterocycles. The number of para-hydroxylation sites is 4. The molecule has 5 rings (SSSR count). The molecule has 1 heterocycles. The molecule has 5 nitrogen and oxygen atoms in total. The van der Waals surface area contributed by atoms with Crippen LogP contribution in [0.15, 0.2) is 109 Å². The van der Waals surface area contributed by atoms with Gasteiger partial charge in [0.15, 0.2) is 0 Å². The number of aryl methyl sites for hydroxylation is 2. The number of nitrogens with one attached hydrogen (secondary N) is 1. The van der Waals surface area contributed by atoms with Crippen molar-refractivity contribution in [2.24, 2.45) is 0 Å². The highest BCUT2D eigenvalue weighted by atomic mass is 16.1. The first-order valence-corrected chi connectivity index (χ1v) is 11.6. The lowest BCUT2D eigenvalue weighted by Gasteiger charge is -2.10. The van der Waals surface area contributed by atoms with Crippen LogP contribution in [0.2, 0.25) is 0 Å². The van der Waals surface area contributed by atoms with E-state index in [0.29, 0.717) is 11.4 Å². The first-order valence-electron chi connectivity index (χ1n) is 11.6. The summed E-state index contributed by atoms with van der Waals surface area (Å²) in [5, 5.41) is 2.80. The maximum Gasteiger partial charge on any atom is 0.248 e. The number of carbonyl (C=O) groups is 1. The maximum absolute atomic E-state index is 12.3. The molecule has 0 aliphatic rings. The third kappa shape index (κ3) is 5.14. The van der Waals surface area contributed by atoms with Gasteiger partial charge in [0.25, 0.3) is 0 Å². The Morgan fingerprint density at radius 2 is 1.57 bits per heavy atom. The Bertz CT molecular complexity index is 1480. The number of nitrogen functional groups attached to an aromatic ring is 1. The molecule has 1 amide bonds. The molecular weight excluding hydrogens is 432 g/mol. The Kier molecular flexibility index (Phi) is 6.39. The van der Waals surface area contributed by atoms with Crippen molar-refractivity contribution in [3.63, 3.8) is 0 Å². The largest absolute Gasteiger partial charge is 0.397 e. The number of nitrogens with zero attached hydrogens (tertiary/aromatic N) is 2. The number of imidazole rings is 1. The normalized spacial score (nSPS) is 11.2. The minimum atomic E-state index is -0.227. The highest BCUT2D eigenvalue weighted by Crippen LogP contribution is 2.26. The molecule has 0 saturated carbocycles. The Balaban J connectivity index is 1.35. The van der Waals surface area contributed by atoms with E-state index in [2.05, 4.69) is 46.3 Å². The predicted octanol–water partition coefficient (Wildman–Crippen LogP) is 6.18. The fraction of sp³-hybridized carbons (Fsp3) is 0.0667. The molecule has 0 fully saturated rings. The lowest BCUT2D eigenvalue weighted by atomic mass is 10.1. The second-order valence-corrected chi connectivity index (χ2v) is 8.34. The molecule has 0 atom stereocenters. The van der Waals surface area contributed by atoms with Gasteiger partial charge in [0.1, 0.15) is 5.82 Å². The quantitative estimate of drug-likeness (QED) is 0.226. The highest BCUT2D eigenvalue weighted by molar-refractivity contribution is 6.03. The lowest BCUT2D eigenvalue weighted by Crippen LogP contribution is -2.09. The summed E-state index contributed by atoms with van der Waals surface area (Å²) in [5.74, 6) is 0.713. The zero-order valence-electron chi connectivity index (χ0n) is 19.3. The number of amides is 1. The number of carbonyl (C=O) groups excluding carboxylic acids is 1. The highest BCUT2D eigenvalue weighted by Gasteiger charge is 2.12. The van der Waals surface area contributed by atoms with Crippen LogP contribution in [0, 0.1) is 0 Å². The van der Waals surface area contributed by atoms with Crippen molar-refractivity contribution in [1.82, 2.24) is 9.55 Å². The number of hydrogen-bond donors (Lipinski definition) is 2. The van der Waals surface area contributed by atoms with Gasteiger partial charge in [-0.15, -0.1) is 0 Å². The van der Waals surface area contributed by atoms with E-state index in [9.17, 15) is 4.79 Å². The van der Waals surface area contributed by atoms with Gasteiger partial charge in [0, 0.05) is 18.2 Å². The fourth-order valence-corrected chi connectivity index (χ4v) is 4.11. The predicted molar refractivity (Wildman–Crippen MR) is 144 cm³/mol. The Morgan fingerprint density at radius 3 is 2.37 bits per heavy atom. The number of aromatic nitrogens is 2. The molecule has 0 aliphatic carbocycles. The summed E-state index contributed by atoms with van der Waals surface area (Å²) in [4.78, 5) is 17.2. The van der Waals surface area contributed by atoms with Crippen molar-refractivity contribution in [3.8, 4) is 11.4 Å². The molecule has 0 unspecified atom stereocenters. The fourth-order valence-electron chi connectivity index (χ4n) is 4.11. The van der Waals surface area contributed by atoms with Gasteiger partial charge in [-0.3, -0.25) is 4.79 Å². The molecule has 35 heavy (non-hydrogen) atoms. The van der Waals surface area contributed by atoms with Crippen LogP contribution in [0.5, 0.6) is 0 Å². The molecule has 0 radical (unpaired) electrons. The van der Waals surface area contributed by atoms with Crippen LogP contribution in [0.3, 0.4) is 0 Å². The molecule has 0 saturated heterocycles. The standard InChI is InChI=1S/C30H26N4O/c31-25-10-4-5-11-26(25)32-29(35)19-16-23-14-17-24(18-15-23)30-33-27-12-6-7-13-28(27)34(30)21-20-22-8-2-1-3-9-22/h1-19H,20-21,31H2,(H,32,35). The third-order valence-corrected chi connectivity index (χ3v) is 5.94. The lowest BCUT2D eigenvalue weighted by molar-refractivity contribution is -0.111. The molecule has 0 spiro atoms. The van der Waals surface area contributed by atoms with Crippen molar-refractivity contribution in [3.05, 3.63) is 120 Å². The van der Waals surface area contributed by atoms with Crippen molar-refractivity contribution >= 4 is 34.4 Å². The van der Waals surface area contributed by atoms with E-state index in [1.807, 2.05) is 54.6 Å². The van der Waals surface area contributed by atoms with Gasteiger partial charge in [0.2, 0.25) is 5.91 Å². The molecule has 0 bridgehead atoms. The molecule has 4 aromatic carbocycles. The van der Waals surface area contributed by atoms with Crippen LogP contribution in [0.1, 0.15) is 11.1 Å². The Hall–Kier alpha value is -4.64. The summed E-state index contributed by atoms with van der Waals surface area (Å²) in [6, 6.07) is 34.0. The molecular formula is C30H26N4O.